The van der Waals surface area contributed by atoms with Crippen LogP contribution in [0.25, 0.3) is 0 Å². The Bertz CT molecular complexity index is 656. The quantitative estimate of drug-likeness (QED) is 0.861. The number of methoxy groups -OCH3 is 2. The lowest BCUT2D eigenvalue weighted by Gasteiger charge is -2.13. The molecule has 22 heavy (non-hydrogen) atoms. The number of para-hydroxylation sites is 1. The molecule has 0 heterocycles. The van der Waals surface area contributed by atoms with Crippen molar-refractivity contribution in [3.63, 3.8) is 0 Å². The summed E-state index contributed by atoms with van der Waals surface area (Å²) in [5.74, 6) is 1.09. The van der Waals surface area contributed by atoms with Crippen molar-refractivity contribution in [2.75, 3.05) is 31.4 Å². The minimum atomic E-state index is -0.147. The van der Waals surface area contributed by atoms with E-state index < -0.39 is 0 Å². The predicted octanol–water partition coefficient (Wildman–Crippen LogP) is 3.06. The van der Waals surface area contributed by atoms with E-state index in [0.29, 0.717) is 17.2 Å². The fourth-order valence-electron chi connectivity index (χ4n) is 2.04. The van der Waals surface area contributed by atoms with Crippen LogP contribution in [0.4, 0.5) is 11.4 Å². The Labute approximate surface area is 130 Å². The van der Waals surface area contributed by atoms with Gasteiger partial charge in [-0.15, -0.1) is 0 Å². The molecule has 0 saturated carbocycles. The molecule has 1 amide bonds. The zero-order valence-corrected chi connectivity index (χ0v) is 13.0. The second-order valence-corrected chi connectivity index (χ2v) is 4.78. The van der Waals surface area contributed by atoms with Crippen molar-refractivity contribution >= 4 is 17.3 Å². The average molecular weight is 300 g/mol. The van der Waals surface area contributed by atoms with Crippen molar-refractivity contribution < 1.29 is 14.3 Å². The number of hydrogen-bond acceptors (Lipinski definition) is 4. The summed E-state index contributed by atoms with van der Waals surface area (Å²) in [5, 5.41) is 5.94. The van der Waals surface area contributed by atoms with E-state index in [1.807, 2.05) is 31.2 Å². The smallest absolute Gasteiger partial charge is 0.243 e. The number of benzene rings is 2. The number of hydrogen-bond donors (Lipinski definition) is 2. The number of amides is 1. The van der Waals surface area contributed by atoms with Crippen LogP contribution in [0.1, 0.15) is 5.56 Å². The number of ether oxygens (including phenoxy) is 2. The van der Waals surface area contributed by atoms with Gasteiger partial charge in [-0.05, 0) is 30.7 Å². The van der Waals surface area contributed by atoms with Crippen LogP contribution < -0.4 is 20.1 Å². The van der Waals surface area contributed by atoms with Gasteiger partial charge < -0.3 is 20.1 Å². The minimum Gasteiger partial charge on any atom is -0.497 e. The molecule has 0 saturated heterocycles. The molecule has 0 aliphatic carbocycles. The first-order chi connectivity index (χ1) is 10.6. The fraction of sp³-hybridized carbons (Fsp3) is 0.235. The van der Waals surface area contributed by atoms with Gasteiger partial charge in [0.1, 0.15) is 11.5 Å². The van der Waals surface area contributed by atoms with Crippen LogP contribution in [0.2, 0.25) is 0 Å². The highest BCUT2D eigenvalue weighted by Crippen LogP contribution is 2.28. The summed E-state index contributed by atoms with van der Waals surface area (Å²) in [6, 6.07) is 13.1. The molecule has 0 aliphatic heterocycles. The molecular weight excluding hydrogens is 280 g/mol. The Morgan fingerprint density at radius 1 is 1.05 bits per heavy atom. The standard InChI is InChI=1S/C17H20N2O3/c1-12-6-4-5-7-14(12)18-11-17(20)19-15-9-8-13(21-2)10-16(15)22-3/h4-10,18H,11H2,1-3H3,(H,19,20). The van der Waals surface area contributed by atoms with E-state index >= 15 is 0 Å². The molecule has 0 atom stereocenters. The number of carbonyl (C=O) groups excluding carboxylic acids is 1. The molecule has 0 fully saturated rings. The van der Waals surface area contributed by atoms with Gasteiger partial charge in [0.25, 0.3) is 0 Å². The maximum absolute atomic E-state index is 12.1. The van der Waals surface area contributed by atoms with Gasteiger partial charge in [-0.1, -0.05) is 18.2 Å². The summed E-state index contributed by atoms with van der Waals surface area (Å²) in [4.78, 5) is 12.1. The van der Waals surface area contributed by atoms with Crippen LogP contribution >= 0.6 is 0 Å². The lowest BCUT2D eigenvalue weighted by Crippen LogP contribution is -2.22. The van der Waals surface area contributed by atoms with Gasteiger partial charge in [0.2, 0.25) is 5.91 Å². The monoisotopic (exact) mass is 300 g/mol. The number of nitrogens with one attached hydrogen (secondary N) is 2. The third kappa shape index (κ3) is 3.91. The van der Waals surface area contributed by atoms with E-state index in [1.54, 1.807) is 32.4 Å². The molecular formula is C17H20N2O3. The van der Waals surface area contributed by atoms with E-state index in [9.17, 15) is 4.79 Å². The largest absolute Gasteiger partial charge is 0.497 e. The molecule has 5 heteroatoms. The van der Waals surface area contributed by atoms with Gasteiger partial charge in [0.15, 0.2) is 0 Å². The summed E-state index contributed by atoms with van der Waals surface area (Å²) < 4.78 is 10.4. The molecule has 5 nitrogen and oxygen atoms in total. The normalized spacial score (nSPS) is 9.95. The van der Waals surface area contributed by atoms with Crippen molar-refractivity contribution in [3.8, 4) is 11.5 Å². The van der Waals surface area contributed by atoms with E-state index in [2.05, 4.69) is 10.6 Å². The number of anilines is 2. The highest BCUT2D eigenvalue weighted by Gasteiger charge is 2.09. The second kappa shape index (κ2) is 7.36. The minimum absolute atomic E-state index is 0.147. The van der Waals surface area contributed by atoms with Gasteiger partial charge in [-0.3, -0.25) is 4.79 Å². The first kappa shape index (κ1) is 15.7. The van der Waals surface area contributed by atoms with E-state index in [1.165, 1.54) is 0 Å². The lowest BCUT2D eigenvalue weighted by molar-refractivity contribution is -0.114. The number of aryl methyl sites for hydroxylation is 1. The van der Waals surface area contributed by atoms with Crippen molar-refractivity contribution in [1.82, 2.24) is 0 Å². The van der Waals surface area contributed by atoms with Crippen LogP contribution in [0.15, 0.2) is 42.5 Å². The van der Waals surface area contributed by atoms with Crippen LogP contribution in [0.5, 0.6) is 11.5 Å². The Morgan fingerprint density at radius 3 is 2.50 bits per heavy atom. The molecule has 0 bridgehead atoms. The average Bonchev–Trinajstić information content (AvgIpc) is 2.54. The van der Waals surface area contributed by atoms with Crippen molar-refractivity contribution in [1.29, 1.82) is 0 Å². The molecule has 0 radical (unpaired) electrons. The van der Waals surface area contributed by atoms with Gasteiger partial charge in [-0.25, -0.2) is 0 Å². The molecule has 2 N–H and O–H groups in total. The third-order valence-electron chi connectivity index (χ3n) is 3.27. The SMILES string of the molecule is COc1ccc(NC(=O)CNc2ccccc2C)c(OC)c1. The van der Waals surface area contributed by atoms with Crippen LogP contribution in [0, 0.1) is 6.92 Å². The van der Waals surface area contributed by atoms with E-state index in [-0.39, 0.29) is 12.5 Å². The van der Waals surface area contributed by atoms with E-state index in [4.69, 9.17) is 9.47 Å². The molecule has 0 unspecified atom stereocenters. The zero-order chi connectivity index (χ0) is 15.9. The number of rotatable bonds is 6. The Balaban J connectivity index is 1.99. The summed E-state index contributed by atoms with van der Waals surface area (Å²) in [7, 11) is 3.13. The summed E-state index contributed by atoms with van der Waals surface area (Å²) in [6.45, 7) is 2.17. The maximum Gasteiger partial charge on any atom is 0.243 e. The van der Waals surface area contributed by atoms with Crippen LogP contribution in [-0.4, -0.2) is 26.7 Å². The van der Waals surface area contributed by atoms with Crippen molar-refractivity contribution in [2.45, 2.75) is 6.92 Å². The highest BCUT2D eigenvalue weighted by molar-refractivity contribution is 5.95. The second-order valence-electron chi connectivity index (χ2n) is 4.78. The first-order valence-corrected chi connectivity index (χ1v) is 6.95. The van der Waals surface area contributed by atoms with Crippen LogP contribution in [-0.2, 0) is 4.79 Å². The summed E-state index contributed by atoms with van der Waals surface area (Å²) >= 11 is 0. The first-order valence-electron chi connectivity index (χ1n) is 6.95. The zero-order valence-electron chi connectivity index (χ0n) is 13.0. The third-order valence-corrected chi connectivity index (χ3v) is 3.27. The Morgan fingerprint density at radius 2 is 1.82 bits per heavy atom. The molecule has 116 valence electrons. The molecule has 0 spiro atoms. The highest BCUT2D eigenvalue weighted by atomic mass is 16.5. The van der Waals surface area contributed by atoms with Gasteiger partial charge in [-0.2, -0.15) is 0 Å². The van der Waals surface area contributed by atoms with Crippen molar-refractivity contribution in [3.05, 3.63) is 48.0 Å². The lowest BCUT2D eigenvalue weighted by atomic mass is 10.2. The molecule has 2 rings (SSSR count). The van der Waals surface area contributed by atoms with Crippen LogP contribution in [0.3, 0.4) is 0 Å². The predicted molar refractivity (Wildman–Crippen MR) is 87.8 cm³/mol. The molecule has 2 aromatic carbocycles. The summed E-state index contributed by atoms with van der Waals surface area (Å²) in [6.07, 6.45) is 0. The van der Waals surface area contributed by atoms with Gasteiger partial charge in [0, 0.05) is 11.8 Å². The topological polar surface area (TPSA) is 59.6 Å². The number of carbonyl (C=O) groups is 1. The molecule has 2 aromatic rings. The molecule has 0 aliphatic rings. The Kier molecular flexibility index (Phi) is 5.25. The fourth-order valence-corrected chi connectivity index (χ4v) is 2.04. The molecule has 0 aromatic heterocycles. The maximum atomic E-state index is 12.1. The Hall–Kier alpha value is -2.69. The van der Waals surface area contributed by atoms with E-state index in [0.717, 1.165) is 11.3 Å². The summed E-state index contributed by atoms with van der Waals surface area (Å²) in [5.41, 5.74) is 2.65. The van der Waals surface area contributed by atoms with Crippen molar-refractivity contribution in [2.24, 2.45) is 0 Å². The van der Waals surface area contributed by atoms with Gasteiger partial charge >= 0.3 is 0 Å². The van der Waals surface area contributed by atoms with Gasteiger partial charge in [0.05, 0.1) is 26.5 Å².